The van der Waals surface area contributed by atoms with Crippen molar-refractivity contribution < 1.29 is 13.3 Å². The van der Waals surface area contributed by atoms with Crippen LogP contribution in [0.2, 0.25) is 0 Å². The van der Waals surface area contributed by atoms with Crippen molar-refractivity contribution >= 4 is 65.8 Å². The first-order valence-electron chi connectivity index (χ1n) is 16.9. The fourth-order valence-electron chi connectivity index (χ4n) is 7.48. The van der Waals surface area contributed by atoms with Crippen molar-refractivity contribution in [1.29, 1.82) is 0 Å². The summed E-state index contributed by atoms with van der Waals surface area (Å²) in [5.74, 6) is 1.59. The first kappa shape index (κ1) is 27.9. The van der Waals surface area contributed by atoms with E-state index in [9.17, 15) is 0 Å². The molecule has 0 bridgehead atoms. The summed E-state index contributed by atoms with van der Waals surface area (Å²) in [5.41, 5.74) is 9.30. The summed E-state index contributed by atoms with van der Waals surface area (Å²) in [7, 11) is 0. The second-order valence-corrected chi connectivity index (χ2v) is 12.7. The molecule has 0 aliphatic rings. The Labute approximate surface area is 290 Å². The maximum Gasteiger partial charge on any atom is 0.167 e. The van der Waals surface area contributed by atoms with Crippen LogP contribution >= 0.6 is 0 Å². The first-order valence-corrected chi connectivity index (χ1v) is 16.9. The minimum Gasteiger partial charge on any atom is -0.456 e. The molecule has 238 valence electrons. The molecule has 0 N–H and O–H groups in total. The molecule has 0 saturated heterocycles. The largest absolute Gasteiger partial charge is 0.456 e. The van der Waals surface area contributed by atoms with Crippen molar-refractivity contribution in [1.82, 2.24) is 15.0 Å². The van der Waals surface area contributed by atoms with E-state index in [1.165, 1.54) is 0 Å². The predicted molar refractivity (Wildman–Crippen MR) is 203 cm³/mol. The van der Waals surface area contributed by atoms with Crippen LogP contribution in [0, 0.1) is 0 Å². The molecule has 6 heteroatoms. The molecule has 4 heterocycles. The van der Waals surface area contributed by atoms with Crippen molar-refractivity contribution in [3.63, 3.8) is 0 Å². The summed E-state index contributed by atoms with van der Waals surface area (Å²) >= 11 is 0. The zero-order valence-corrected chi connectivity index (χ0v) is 27.0. The van der Waals surface area contributed by atoms with Gasteiger partial charge in [0.05, 0.1) is 11.1 Å². The molecule has 4 aromatic heterocycles. The standard InChI is InChI=1S/C45H25N3O3/c1-2-12-26(13-3-1)43-46-44(33-19-10-18-30-27-14-4-7-20-35(27)50-41(30)33)48-45(47-43)34-25-24-29(40-32-16-6-9-22-37(32)51-42(34)40)28-17-11-23-38-39(28)31-15-5-8-21-36(31)49-38/h1-25H. The Balaban J connectivity index is 1.20. The van der Waals surface area contributed by atoms with E-state index in [0.29, 0.717) is 23.1 Å². The van der Waals surface area contributed by atoms with Gasteiger partial charge in [0.15, 0.2) is 17.5 Å². The molecule has 0 amide bonds. The minimum atomic E-state index is 0.509. The lowest BCUT2D eigenvalue weighted by Crippen LogP contribution is -2.00. The van der Waals surface area contributed by atoms with Crippen LogP contribution in [0.15, 0.2) is 165 Å². The number of rotatable bonds is 4. The summed E-state index contributed by atoms with van der Waals surface area (Å²) < 4.78 is 19.5. The van der Waals surface area contributed by atoms with Crippen molar-refractivity contribution in [3.05, 3.63) is 152 Å². The molecule has 0 radical (unpaired) electrons. The Morgan fingerprint density at radius 3 is 1.57 bits per heavy atom. The summed E-state index contributed by atoms with van der Waals surface area (Å²) in [4.78, 5) is 15.3. The van der Waals surface area contributed by atoms with Crippen LogP contribution in [0.4, 0.5) is 0 Å². The van der Waals surface area contributed by atoms with Gasteiger partial charge in [-0.2, -0.15) is 0 Å². The number of para-hydroxylation sites is 4. The van der Waals surface area contributed by atoms with Crippen LogP contribution in [-0.4, -0.2) is 15.0 Å². The Bertz CT molecular complexity index is 3150. The summed E-state index contributed by atoms with van der Waals surface area (Å²) in [6.45, 7) is 0. The second kappa shape index (κ2) is 10.7. The van der Waals surface area contributed by atoms with E-state index in [2.05, 4.69) is 48.5 Å². The molecule has 11 rings (SSSR count). The maximum absolute atomic E-state index is 6.74. The number of aromatic nitrogens is 3. The van der Waals surface area contributed by atoms with Gasteiger partial charge in [-0.15, -0.1) is 0 Å². The third-order valence-corrected chi connectivity index (χ3v) is 9.77. The molecule has 11 aromatic rings. The highest BCUT2D eigenvalue weighted by Crippen LogP contribution is 2.45. The highest BCUT2D eigenvalue weighted by molar-refractivity contribution is 6.21. The van der Waals surface area contributed by atoms with Gasteiger partial charge >= 0.3 is 0 Å². The number of hydrogen-bond donors (Lipinski definition) is 0. The molecule has 7 aromatic carbocycles. The topological polar surface area (TPSA) is 78.1 Å². The summed E-state index contributed by atoms with van der Waals surface area (Å²) in [5, 5.41) is 6.20. The molecule has 0 saturated carbocycles. The Kier molecular flexibility index (Phi) is 5.86. The lowest BCUT2D eigenvalue weighted by Gasteiger charge is -2.11. The van der Waals surface area contributed by atoms with Gasteiger partial charge in [-0.3, -0.25) is 0 Å². The molecule has 51 heavy (non-hydrogen) atoms. The number of fused-ring (bicyclic) bond motifs is 9. The minimum absolute atomic E-state index is 0.509. The molecule has 0 unspecified atom stereocenters. The SMILES string of the molecule is c1ccc(-c2nc(-c3cccc4c3oc3ccccc34)nc(-c3ccc(-c4cccc5oc6ccccc6c45)c4c3oc3ccccc34)n2)cc1. The van der Waals surface area contributed by atoms with E-state index in [1.807, 2.05) is 103 Å². The smallest absolute Gasteiger partial charge is 0.167 e. The van der Waals surface area contributed by atoms with Crippen molar-refractivity contribution in [2.45, 2.75) is 0 Å². The number of furan rings is 3. The van der Waals surface area contributed by atoms with Gasteiger partial charge in [0, 0.05) is 37.9 Å². The fourth-order valence-corrected chi connectivity index (χ4v) is 7.48. The normalized spacial score (nSPS) is 11.9. The van der Waals surface area contributed by atoms with E-state index >= 15 is 0 Å². The van der Waals surface area contributed by atoms with Crippen molar-refractivity contribution in [3.8, 4) is 45.3 Å². The van der Waals surface area contributed by atoms with Gasteiger partial charge in [0.1, 0.15) is 33.5 Å². The average Bonchev–Trinajstić information content (AvgIpc) is 3.89. The Morgan fingerprint density at radius 1 is 0.294 bits per heavy atom. The van der Waals surface area contributed by atoms with Gasteiger partial charge < -0.3 is 13.3 Å². The quantitative estimate of drug-likeness (QED) is 0.188. The lowest BCUT2D eigenvalue weighted by molar-refractivity contribution is 0.668. The molecule has 0 fully saturated rings. The van der Waals surface area contributed by atoms with Gasteiger partial charge in [0.25, 0.3) is 0 Å². The summed E-state index contributed by atoms with van der Waals surface area (Å²) in [6, 6.07) is 51.0. The molecular weight excluding hydrogens is 631 g/mol. The maximum atomic E-state index is 6.74. The van der Waals surface area contributed by atoms with Crippen molar-refractivity contribution in [2.75, 3.05) is 0 Å². The monoisotopic (exact) mass is 655 g/mol. The zero-order valence-electron chi connectivity index (χ0n) is 27.0. The fraction of sp³-hybridized carbons (Fsp3) is 0. The number of hydrogen-bond acceptors (Lipinski definition) is 6. The molecule has 0 aliphatic heterocycles. The van der Waals surface area contributed by atoms with Crippen molar-refractivity contribution in [2.24, 2.45) is 0 Å². The van der Waals surface area contributed by atoms with Crippen LogP contribution in [0.3, 0.4) is 0 Å². The van der Waals surface area contributed by atoms with E-state index in [-0.39, 0.29) is 0 Å². The van der Waals surface area contributed by atoms with E-state index in [0.717, 1.165) is 88.0 Å². The average molecular weight is 656 g/mol. The molecular formula is C45H25N3O3. The van der Waals surface area contributed by atoms with Crippen LogP contribution in [0.1, 0.15) is 0 Å². The molecule has 0 atom stereocenters. The van der Waals surface area contributed by atoms with E-state index < -0.39 is 0 Å². The van der Waals surface area contributed by atoms with Crippen LogP contribution in [0.5, 0.6) is 0 Å². The highest BCUT2D eigenvalue weighted by atomic mass is 16.3. The highest BCUT2D eigenvalue weighted by Gasteiger charge is 2.23. The van der Waals surface area contributed by atoms with E-state index in [4.69, 9.17) is 28.2 Å². The number of nitrogens with zero attached hydrogens (tertiary/aromatic N) is 3. The Morgan fingerprint density at radius 2 is 0.784 bits per heavy atom. The van der Waals surface area contributed by atoms with Gasteiger partial charge in [-0.05, 0) is 47.5 Å². The van der Waals surface area contributed by atoms with E-state index in [1.54, 1.807) is 0 Å². The summed E-state index contributed by atoms with van der Waals surface area (Å²) in [6.07, 6.45) is 0. The second-order valence-electron chi connectivity index (χ2n) is 12.7. The van der Waals surface area contributed by atoms with Gasteiger partial charge in [-0.25, -0.2) is 15.0 Å². The lowest BCUT2D eigenvalue weighted by atomic mass is 9.94. The zero-order chi connectivity index (χ0) is 33.5. The van der Waals surface area contributed by atoms with Crippen LogP contribution < -0.4 is 0 Å². The Hall–Kier alpha value is -7.05. The van der Waals surface area contributed by atoms with Gasteiger partial charge in [-0.1, -0.05) is 115 Å². The van der Waals surface area contributed by atoms with Crippen LogP contribution in [-0.2, 0) is 0 Å². The third kappa shape index (κ3) is 4.20. The molecule has 6 nitrogen and oxygen atoms in total. The third-order valence-electron chi connectivity index (χ3n) is 9.77. The number of benzene rings is 7. The van der Waals surface area contributed by atoms with Crippen LogP contribution in [0.25, 0.3) is 111 Å². The first-order chi connectivity index (χ1) is 25.3. The molecule has 0 spiro atoms. The molecule has 0 aliphatic carbocycles. The predicted octanol–water partition coefficient (Wildman–Crippen LogP) is 12.2. The van der Waals surface area contributed by atoms with Gasteiger partial charge in [0.2, 0.25) is 0 Å².